The zero-order valence-corrected chi connectivity index (χ0v) is 8.72. The van der Waals surface area contributed by atoms with E-state index >= 15 is 0 Å². The second-order valence-electron chi connectivity index (χ2n) is 3.63. The van der Waals surface area contributed by atoms with E-state index in [0.29, 0.717) is 6.54 Å². The zero-order valence-electron chi connectivity index (χ0n) is 8.72. The summed E-state index contributed by atoms with van der Waals surface area (Å²) in [6, 6.07) is 4.09. The molecular weight excluding hydrogens is 176 g/mol. The molecule has 0 atom stereocenters. The second-order valence-corrected chi connectivity index (χ2v) is 3.63. The molecule has 0 aliphatic heterocycles. The minimum Gasteiger partial charge on any atom is -0.306 e. The van der Waals surface area contributed by atoms with E-state index in [9.17, 15) is 4.79 Å². The van der Waals surface area contributed by atoms with Crippen LogP contribution in [-0.4, -0.2) is 9.55 Å². The third-order valence-electron chi connectivity index (χ3n) is 2.71. The number of rotatable bonds is 1. The van der Waals surface area contributed by atoms with E-state index in [1.807, 2.05) is 13.0 Å². The fourth-order valence-electron chi connectivity index (χ4n) is 1.73. The molecule has 14 heavy (non-hydrogen) atoms. The number of aryl methyl sites for hydroxylation is 3. The first-order valence-corrected chi connectivity index (χ1v) is 4.83. The van der Waals surface area contributed by atoms with Crippen LogP contribution in [0.4, 0.5) is 0 Å². The Morgan fingerprint density at radius 2 is 1.93 bits per heavy atom. The highest BCUT2D eigenvalue weighted by molar-refractivity contribution is 5.77. The van der Waals surface area contributed by atoms with Gasteiger partial charge < -0.3 is 4.98 Å². The summed E-state index contributed by atoms with van der Waals surface area (Å²) in [6.45, 7) is 6.80. The molecule has 2 aromatic rings. The highest BCUT2D eigenvalue weighted by Gasteiger charge is 2.05. The highest BCUT2D eigenvalue weighted by atomic mass is 16.1. The standard InChI is InChI=1S/C11H14N2O/c1-4-13-10-6-8(3)7(2)5-9(10)12-11(13)14/h5-6H,4H2,1-3H3,(H,12,14). The van der Waals surface area contributed by atoms with Gasteiger partial charge in [0.1, 0.15) is 0 Å². The molecule has 0 amide bonds. The molecule has 0 aliphatic carbocycles. The SMILES string of the molecule is CCn1c(=O)[nH]c2cc(C)c(C)cc21. The lowest BCUT2D eigenvalue weighted by Crippen LogP contribution is -2.14. The minimum absolute atomic E-state index is 0.0208. The van der Waals surface area contributed by atoms with Gasteiger partial charge in [0.05, 0.1) is 11.0 Å². The van der Waals surface area contributed by atoms with Crippen molar-refractivity contribution in [2.24, 2.45) is 0 Å². The maximum Gasteiger partial charge on any atom is 0.326 e. The van der Waals surface area contributed by atoms with Crippen LogP contribution < -0.4 is 5.69 Å². The number of nitrogens with one attached hydrogen (secondary N) is 1. The molecule has 0 aliphatic rings. The van der Waals surface area contributed by atoms with Crippen molar-refractivity contribution in [3.8, 4) is 0 Å². The second kappa shape index (κ2) is 3.01. The number of aromatic amines is 1. The van der Waals surface area contributed by atoms with Crippen LogP contribution in [0.3, 0.4) is 0 Å². The third-order valence-corrected chi connectivity index (χ3v) is 2.71. The average Bonchev–Trinajstić information content (AvgIpc) is 2.42. The Morgan fingerprint density at radius 3 is 2.57 bits per heavy atom. The minimum atomic E-state index is -0.0208. The van der Waals surface area contributed by atoms with Crippen LogP contribution in [0, 0.1) is 13.8 Å². The van der Waals surface area contributed by atoms with Crippen LogP contribution in [-0.2, 0) is 6.54 Å². The van der Waals surface area contributed by atoms with Gasteiger partial charge in [0, 0.05) is 6.54 Å². The molecule has 0 spiro atoms. The largest absolute Gasteiger partial charge is 0.326 e. The van der Waals surface area contributed by atoms with Gasteiger partial charge in [0.25, 0.3) is 0 Å². The number of hydrogen-bond donors (Lipinski definition) is 1. The molecule has 1 N–H and O–H groups in total. The highest BCUT2D eigenvalue weighted by Crippen LogP contribution is 2.16. The van der Waals surface area contributed by atoms with Crippen molar-refractivity contribution in [2.75, 3.05) is 0 Å². The van der Waals surface area contributed by atoms with Crippen LogP contribution >= 0.6 is 0 Å². The van der Waals surface area contributed by atoms with Gasteiger partial charge in [-0.05, 0) is 44.0 Å². The molecule has 1 aromatic carbocycles. The molecule has 74 valence electrons. The molecule has 1 heterocycles. The van der Waals surface area contributed by atoms with Crippen molar-refractivity contribution in [2.45, 2.75) is 27.3 Å². The van der Waals surface area contributed by atoms with Crippen molar-refractivity contribution in [1.82, 2.24) is 9.55 Å². The molecule has 1 aromatic heterocycles. The summed E-state index contributed by atoms with van der Waals surface area (Å²) in [5.41, 5.74) is 4.34. The van der Waals surface area contributed by atoms with Gasteiger partial charge in [0.2, 0.25) is 0 Å². The fourth-order valence-corrected chi connectivity index (χ4v) is 1.73. The molecule has 0 saturated carbocycles. The van der Waals surface area contributed by atoms with E-state index in [-0.39, 0.29) is 5.69 Å². The lowest BCUT2D eigenvalue weighted by molar-refractivity contribution is 0.753. The van der Waals surface area contributed by atoms with Crippen molar-refractivity contribution < 1.29 is 0 Å². The molecule has 3 heteroatoms. The number of benzene rings is 1. The number of imidazole rings is 1. The lowest BCUT2D eigenvalue weighted by atomic mass is 10.1. The quantitative estimate of drug-likeness (QED) is 0.733. The summed E-state index contributed by atoms with van der Waals surface area (Å²) in [6.07, 6.45) is 0. The molecule has 2 rings (SSSR count). The summed E-state index contributed by atoms with van der Waals surface area (Å²) < 4.78 is 1.75. The Balaban J connectivity index is 2.89. The number of aromatic nitrogens is 2. The normalized spacial score (nSPS) is 11.1. The predicted molar refractivity (Wildman–Crippen MR) is 57.7 cm³/mol. The van der Waals surface area contributed by atoms with Crippen molar-refractivity contribution in [1.29, 1.82) is 0 Å². The van der Waals surface area contributed by atoms with Gasteiger partial charge in [-0.2, -0.15) is 0 Å². The Kier molecular flexibility index (Phi) is 1.95. The Bertz CT molecular complexity index is 534. The van der Waals surface area contributed by atoms with E-state index in [2.05, 4.69) is 24.9 Å². The predicted octanol–water partition coefficient (Wildman–Crippen LogP) is 1.97. The van der Waals surface area contributed by atoms with Crippen molar-refractivity contribution >= 4 is 11.0 Å². The lowest BCUT2D eigenvalue weighted by Gasteiger charge is -2.01. The monoisotopic (exact) mass is 190 g/mol. The van der Waals surface area contributed by atoms with Crippen molar-refractivity contribution in [3.63, 3.8) is 0 Å². The van der Waals surface area contributed by atoms with Crippen LogP contribution in [0.25, 0.3) is 11.0 Å². The van der Waals surface area contributed by atoms with Gasteiger partial charge >= 0.3 is 5.69 Å². The topological polar surface area (TPSA) is 37.8 Å². The van der Waals surface area contributed by atoms with Gasteiger partial charge in [-0.25, -0.2) is 4.79 Å². The van der Waals surface area contributed by atoms with E-state index in [1.165, 1.54) is 11.1 Å². The van der Waals surface area contributed by atoms with E-state index < -0.39 is 0 Å². The van der Waals surface area contributed by atoms with Gasteiger partial charge in [-0.15, -0.1) is 0 Å². The van der Waals surface area contributed by atoms with Crippen LogP contribution in [0.1, 0.15) is 18.1 Å². The van der Waals surface area contributed by atoms with Crippen LogP contribution in [0.5, 0.6) is 0 Å². The Hall–Kier alpha value is -1.51. The van der Waals surface area contributed by atoms with Gasteiger partial charge in [-0.3, -0.25) is 4.57 Å². The number of nitrogens with zero attached hydrogens (tertiary/aromatic N) is 1. The molecule has 0 unspecified atom stereocenters. The molecule has 0 radical (unpaired) electrons. The van der Waals surface area contributed by atoms with Gasteiger partial charge in [0.15, 0.2) is 0 Å². The van der Waals surface area contributed by atoms with Crippen molar-refractivity contribution in [3.05, 3.63) is 33.7 Å². The average molecular weight is 190 g/mol. The van der Waals surface area contributed by atoms with Gasteiger partial charge in [-0.1, -0.05) is 0 Å². The summed E-state index contributed by atoms with van der Waals surface area (Å²) in [5, 5.41) is 0. The number of H-pyrrole nitrogens is 1. The third kappa shape index (κ3) is 1.16. The van der Waals surface area contributed by atoms with E-state index in [0.717, 1.165) is 11.0 Å². The summed E-state index contributed by atoms with van der Waals surface area (Å²) in [7, 11) is 0. The molecule has 0 fully saturated rings. The zero-order chi connectivity index (χ0) is 10.3. The molecule has 0 saturated heterocycles. The fraction of sp³-hybridized carbons (Fsp3) is 0.364. The molecule has 0 bridgehead atoms. The Labute approximate surface area is 82.4 Å². The summed E-state index contributed by atoms with van der Waals surface area (Å²) in [5.74, 6) is 0. The van der Waals surface area contributed by atoms with E-state index in [4.69, 9.17) is 0 Å². The summed E-state index contributed by atoms with van der Waals surface area (Å²) in [4.78, 5) is 14.4. The maximum absolute atomic E-state index is 11.5. The summed E-state index contributed by atoms with van der Waals surface area (Å²) >= 11 is 0. The number of fused-ring (bicyclic) bond motifs is 1. The first-order chi connectivity index (χ1) is 6.63. The first kappa shape index (κ1) is 9.06. The molecular formula is C11H14N2O. The number of hydrogen-bond acceptors (Lipinski definition) is 1. The van der Waals surface area contributed by atoms with Crippen LogP contribution in [0.2, 0.25) is 0 Å². The first-order valence-electron chi connectivity index (χ1n) is 4.83. The molecule has 3 nitrogen and oxygen atoms in total. The Morgan fingerprint density at radius 1 is 1.29 bits per heavy atom. The smallest absolute Gasteiger partial charge is 0.306 e. The van der Waals surface area contributed by atoms with E-state index in [1.54, 1.807) is 4.57 Å². The maximum atomic E-state index is 11.5. The van der Waals surface area contributed by atoms with Crippen LogP contribution in [0.15, 0.2) is 16.9 Å².